The minimum atomic E-state index is -4.19. The van der Waals surface area contributed by atoms with Crippen LogP contribution in [-0.4, -0.2) is 5.51 Å². The lowest BCUT2D eigenvalue weighted by atomic mass is 10.2. The van der Waals surface area contributed by atoms with E-state index in [0.717, 1.165) is 5.56 Å². The molecule has 0 saturated carbocycles. The zero-order chi connectivity index (χ0) is 9.90. The Hall–Kier alpha value is -0.640. The third-order valence-corrected chi connectivity index (χ3v) is 2.43. The fourth-order valence-electron chi connectivity index (χ4n) is 1.02. The van der Waals surface area contributed by atoms with Crippen LogP contribution in [-0.2, 0) is 6.42 Å². The molecule has 72 valence electrons. The van der Waals surface area contributed by atoms with Gasteiger partial charge in [-0.25, -0.2) is 0 Å². The van der Waals surface area contributed by atoms with E-state index in [1.165, 1.54) is 6.07 Å². The number of halogens is 3. The summed E-state index contributed by atoms with van der Waals surface area (Å²) in [6.07, 6.45) is 0.624. The van der Waals surface area contributed by atoms with Crippen molar-refractivity contribution in [2.45, 2.75) is 23.7 Å². The molecule has 0 amide bonds. The van der Waals surface area contributed by atoms with Gasteiger partial charge in [0.05, 0.1) is 0 Å². The first-order chi connectivity index (χ1) is 6.03. The van der Waals surface area contributed by atoms with Gasteiger partial charge in [-0.1, -0.05) is 25.1 Å². The van der Waals surface area contributed by atoms with Crippen molar-refractivity contribution >= 4 is 11.8 Å². The Morgan fingerprint density at radius 2 is 1.85 bits per heavy atom. The Balaban J connectivity index is 2.87. The third-order valence-electron chi connectivity index (χ3n) is 1.58. The normalized spacial score (nSPS) is 11.7. The van der Waals surface area contributed by atoms with Crippen molar-refractivity contribution in [3.63, 3.8) is 0 Å². The smallest absolute Gasteiger partial charge is 0.160 e. The summed E-state index contributed by atoms with van der Waals surface area (Å²) in [5.41, 5.74) is -3.45. The van der Waals surface area contributed by atoms with Crippen molar-refractivity contribution in [2.24, 2.45) is 0 Å². The maximum absolute atomic E-state index is 12.0. The molecular weight excluding hydrogens is 197 g/mol. The summed E-state index contributed by atoms with van der Waals surface area (Å²) in [7, 11) is 0. The van der Waals surface area contributed by atoms with Gasteiger partial charge in [-0.3, -0.25) is 0 Å². The third kappa shape index (κ3) is 3.30. The number of alkyl halides is 3. The lowest BCUT2D eigenvalue weighted by Gasteiger charge is -2.08. The van der Waals surface area contributed by atoms with E-state index >= 15 is 0 Å². The Bertz CT molecular complexity index is 280. The summed E-state index contributed by atoms with van der Waals surface area (Å²) >= 11 is -0.0481. The zero-order valence-electron chi connectivity index (χ0n) is 7.06. The van der Waals surface area contributed by atoms with Gasteiger partial charge in [-0.2, -0.15) is 13.2 Å². The molecule has 0 saturated heterocycles. The van der Waals surface area contributed by atoms with Crippen LogP contribution in [0.1, 0.15) is 12.5 Å². The van der Waals surface area contributed by atoms with Gasteiger partial charge in [0.1, 0.15) is 0 Å². The highest BCUT2D eigenvalue weighted by Crippen LogP contribution is 2.38. The predicted molar refractivity (Wildman–Crippen MR) is 47.7 cm³/mol. The molecular formula is C9H9F3S. The van der Waals surface area contributed by atoms with Crippen LogP contribution in [0.2, 0.25) is 0 Å². The standard InChI is InChI=1S/C9H9F3S/c1-2-7-5-3-4-6-8(7)13-9(10,11)12/h3-6H,2H2,1H3. The number of thioether (sulfide) groups is 1. The number of rotatable bonds is 2. The van der Waals surface area contributed by atoms with Crippen molar-refractivity contribution in [1.82, 2.24) is 0 Å². The van der Waals surface area contributed by atoms with Crippen molar-refractivity contribution in [1.29, 1.82) is 0 Å². The van der Waals surface area contributed by atoms with Crippen molar-refractivity contribution in [2.75, 3.05) is 0 Å². The topological polar surface area (TPSA) is 0 Å². The van der Waals surface area contributed by atoms with Gasteiger partial charge in [0, 0.05) is 4.90 Å². The fourth-order valence-corrected chi connectivity index (χ4v) is 1.76. The summed E-state index contributed by atoms with van der Waals surface area (Å²) < 4.78 is 36.1. The monoisotopic (exact) mass is 206 g/mol. The molecule has 1 aromatic rings. The SMILES string of the molecule is CCc1ccccc1SC(F)(F)F. The van der Waals surface area contributed by atoms with Crippen LogP contribution in [0.3, 0.4) is 0 Å². The minimum absolute atomic E-state index is 0.0481. The van der Waals surface area contributed by atoms with Gasteiger partial charge < -0.3 is 0 Å². The molecule has 0 N–H and O–H groups in total. The summed E-state index contributed by atoms with van der Waals surface area (Å²) in [6.45, 7) is 1.84. The van der Waals surface area contributed by atoms with Crippen LogP contribution in [0.15, 0.2) is 29.2 Å². The van der Waals surface area contributed by atoms with Crippen molar-refractivity contribution in [3.8, 4) is 0 Å². The first-order valence-corrected chi connectivity index (χ1v) is 4.68. The van der Waals surface area contributed by atoms with Crippen molar-refractivity contribution < 1.29 is 13.2 Å². The molecule has 0 aliphatic rings. The summed E-state index contributed by atoms with van der Waals surface area (Å²) in [6, 6.07) is 6.58. The predicted octanol–water partition coefficient (Wildman–Crippen LogP) is 3.86. The van der Waals surface area contributed by atoms with Gasteiger partial charge in [0.15, 0.2) is 0 Å². The van der Waals surface area contributed by atoms with E-state index in [4.69, 9.17) is 0 Å². The molecule has 0 fully saturated rings. The van der Waals surface area contributed by atoms with Crippen LogP contribution in [0, 0.1) is 0 Å². The molecule has 0 radical (unpaired) electrons. The van der Waals surface area contributed by atoms with Gasteiger partial charge in [-0.15, -0.1) is 0 Å². The minimum Gasteiger partial charge on any atom is -0.160 e. The highest BCUT2D eigenvalue weighted by atomic mass is 32.2. The summed E-state index contributed by atoms with van der Waals surface area (Å²) in [5.74, 6) is 0. The molecule has 0 aliphatic carbocycles. The second-order valence-corrected chi connectivity index (χ2v) is 3.62. The lowest BCUT2D eigenvalue weighted by molar-refractivity contribution is -0.0328. The number of aryl methyl sites for hydroxylation is 1. The molecule has 0 aliphatic heterocycles. The average Bonchev–Trinajstić information content (AvgIpc) is 2.02. The first-order valence-electron chi connectivity index (χ1n) is 3.86. The molecule has 0 bridgehead atoms. The fraction of sp³-hybridized carbons (Fsp3) is 0.333. The molecule has 0 atom stereocenters. The van der Waals surface area contributed by atoms with E-state index in [9.17, 15) is 13.2 Å². The Morgan fingerprint density at radius 3 is 2.38 bits per heavy atom. The van der Waals surface area contributed by atoms with Crippen LogP contribution in [0.4, 0.5) is 13.2 Å². The summed E-state index contributed by atoms with van der Waals surface area (Å²) in [5, 5.41) is 0. The molecule has 1 rings (SSSR count). The van der Waals surface area contributed by atoms with Crippen LogP contribution >= 0.6 is 11.8 Å². The molecule has 4 heteroatoms. The Morgan fingerprint density at radius 1 is 1.23 bits per heavy atom. The first kappa shape index (κ1) is 10.4. The van der Waals surface area contributed by atoms with E-state index in [2.05, 4.69) is 0 Å². The molecule has 0 unspecified atom stereocenters. The van der Waals surface area contributed by atoms with E-state index < -0.39 is 5.51 Å². The molecule has 0 heterocycles. The molecule has 0 spiro atoms. The van der Waals surface area contributed by atoms with E-state index in [-0.39, 0.29) is 11.8 Å². The zero-order valence-corrected chi connectivity index (χ0v) is 7.88. The lowest BCUT2D eigenvalue weighted by Crippen LogP contribution is -2.00. The maximum Gasteiger partial charge on any atom is 0.446 e. The number of hydrogen-bond donors (Lipinski definition) is 0. The second-order valence-electron chi connectivity index (χ2n) is 2.51. The second kappa shape index (κ2) is 4.05. The molecule has 13 heavy (non-hydrogen) atoms. The van der Waals surface area contributed by atoms with E-state index in [0.29, 0.717) is 11.3 Å². The largest absolute Gasteiger partial charge is 0.446 e. The van der Waals surface area contributed by atoms with Crippen LogP contribution < -0.4 is 0 Å². The van der Waals surface area contributed by atoms with Gasteiger partial charge in [0.2, 0.25) is 0 Å². The highest BCUT2D eigenvalue weighted by Gasteiger charge is 2.29. The highest BCUT2D eigenvalue weighted by molar-refractivity contribution is 8.00. The van der Waals surface area contributed by atoms with Gasteiger partial charge >= 0.3 is 5.51 Å². The number of benzene rings is 1. The van der Waals surface area contributed by atoms with E-state index in [1.807, 2.05) is 6.92 Å². The van der Waals surface area contributed by atoms with Gasteiger partial charge in [0.25, 0.3) is 0 Å². The van der Waals surface area contributed by atoms with Gasteiger partial charge in [-0.05, 0) is 29.8 Å². The quantitative estimate of drug-likeness (QED) is 0.662. The number of hydrogen-bond acceptors (Lipinski definition) is 1. The van der Waals surface area contributed by atoms with Crippen molar-refractivity contribution in [3.05, 3.63) is 29.8 Å². The molecule has 1 aromatic carbocycles. The molecule has 0 aromatic heterocycles. The maximum atomic E-state index is 12.0. The average molecular weight is 206 g/mol. The van der Waals surface area contributed by atoms with E-state index in [1.54, 1.807) is 18.2 Å². The molecule has 0 nitrogen and oxygen atoms in total. The van der Waals surface area contributed by atoms with Crippen LogP contribution in [0.5, 0.6) is 0 Å². The Kier molecular flexibility index (Phi) is 3.25. The summed E-state index contributed by atoms with van der Waals surface area (Å²) in [4.78, 5) is 0.303. The Labute approximate surface area is 79.1 Å². The van der Waals surface area contributed by atoms with Crippen LogP contribution in [0.25, 0.3) is 0 Å².